The molecule has 0 bridgehead atoms. The number of benzene rings is 1. The van der Waals surface area contributed by atoms with Crippen LogP contribution in [0.3, 0.4) is 0 Å². The maximum absolute atomic E-state index is 13.2. The van der Waals surface area contributed by atoms with E-state index < -0.39 is 35.4 Å². The van der Waals surface area contributed by atoms with E-state index in [1.165, 1.54) is 16.3 Å². The molecule has 1 amide bonds. The van der Waals surface area contributed by atoms with Crippen molar-refractivity contribution in [3.63, 3.8) is 0 Å². The van der Waals surface area contributed by atoms with E-state index in [1.54, 1.807) is 6.92 Å². The zero-order chi connectivity index (χ0) is 26.1. The molecule has 188 valence electrons. The van der Waals surface area contributed by atoms with Crippen molar-refractivity contribution in [1.29, 1.82) is 0 Å². The van der Waals surface area contributed by atoms with Crippen molar-refractivity contribution in [1.82, 2.24) is 4.90 Å². The second-order valence-electron chi connectivity index (χ2n) is 7.48. The Balaban J connectivity index is 1.98. The number of carboxylic acid groups (broad SMARTS) is 1. The van der Waals surface area contributed by atoms with Gasteiger partial charge in [-0.05, 0) is 59.2 Å². The highest BCUT2D eigenvalue weighted by molar-refractivity contribution is 8.26. The first-order valence-corrected chi connectivity index (χ1v) is 12.2. The van der Waals surface area contributed by atoms with Crippen molar-refractivity contribution in [3.8, 4) is 11.1 Å². The summed E-state index contributed by atoms with van der Waals surface area (Å²) >= 11 is 7.37. The van der Waals surface area contributed by atoms with Gasteiger partial charge in [0.05, 0.1) is 16.0 Å². The summed E-state index contributed by atoms with van der Waals surface area (Å²) in [6.07, 6.45) is -9.50. The number of carbonyl (C=O) groups excluding carboxylic acids is 1. The predicted molar refractivity (Wildman–Crippen MR) is 126 cm³/mol. The van der Waals surface area contributed by atoms with E-state index in [0.29, 0.717) is 33.9 Å². The van der Waals surface area contributed by atoms with Crippen LogP contribution in [0.2, 0.25) is 0 Å². The molecule has 2 heterocycles. The number of carbonyl (C=O) groups is 2. The number of amides is 1. The van der Waals surface area contributed by atoms with Crippen molar-refractivity contribution < 1.29 is 41.0 Å². The summed E-state index contributed by atoms with van der Waals surface area (Å²) in [5.41, 5.74) is -2.35. The summed E-state index contributed by atoms with van der Waals surface area (Å²) in [6, 6.07) is 2.85. The minimum absolute atomic E-state index is 0.0734. The lowest BCUT2D eigenvalue weighted by atomic mass is 10.00. The Kier molecular flexibility index (Phi) is 8.02. The number of thioether (sulfide) groups is 1. The van der Waals surface area contributed by atoms with Crippen LogP contribution >= 0.6 is 35.3 Å². The molecule has 0 spiro atoms. The number of alkyl halides is 6. The number of hydrogen-bond donors (Lipinski definition) is 1. The fraction of sp³-hybridized carbons (Fsp3) is 0.318. The molecule has 0 radical (unpaired) electrons. The molecule has 1 aromatic carbocycles. The highest BCUT2D eigenvalue weighted by atomic mass is 32.2. The Morgan fingerprint density at radius 2 is 1.63 bits per heavy atom. The first-order valence-electron chi connectivity index (χ1n) is 10.1. The van der Waals surface area contributed by atoms with Crippen LogP contribution in [0.5, 0.6) is 0 Å². The molecular weight excluding hydrogens is 536 g/mol. The van der Waals surface area contributed by atoms with Crippen LogP contribution in [0.25, 0.3) is 16.7 Å². The Morgan fingerprint density at radius 3 is 2.14 bits per heavy atom. The number of carboxylic acids is 1. The maximum atomic E-state index is 13.2. The first kappa shape index (κ1) is 27.2. The molecule has 0 unspecified atom stereocenters. The third-order valence-electron chi connectivity index (χ3n) is 5.07. The second-order valence-corrected chi connectivity index (χ2v) is 10.0. The molecule has 1 N–H and O–H groups in total. The van der Waals surface area contributed by atoms with Gasteiger partial charge in [0.15, 0.2) is 0 Å². The molecule has 1 saturated heterocycles. The van der Waals surface area contributed by atoms with Crippen molar-refractivity contribution >= 4 is 57.1 Å². The zero-order valence-electron chi connectivity index (χ0n) is 17.9. The fourth-order valence-electron chi connectivity index (χ4n) is 3.38. The number of nitrogens with zero attached hydrogens (tertiary/aromatic N) is 1. The summed E-state index contributed by atoms with van der Waals surface area (Å²) in [7, 11) is 0. The van der Waals surface area contributed by atoms with Gasteiger partial charge in [-0.25, -0.2) is 0 Å². The third-order valence-corrected chi connectivity index (χ3v) is 7.55. The molecule has 1 aliphatic rings. The average Bonchev–Trinajstić information content (AvgIpc) is 3.34. The highest BCUT2D eigenvalue weighted by Gasteiger charge is 2.37. The number of hydrogen-bond acceptors (Lipinski definition) is 5. The molecule has 2 aromatic rings. The smallest absolute Gasteiger partial charge is 0.416 e. The minimum atomic E-state index is -4.96. The van der Waals surface area contributed by atoms with Crippen LogP contribution < -0.4 is 0 Å². The van der Waals surface area contributed by atoms with Crippen LogP contribution in [-0.4, -0.2) is 32.7 Å². The van der Waals surface area contributed by atoms with Gasteiger partial charge in [0.1, 0.15) is 4.32 Å². The monoisotopic (exact) mass is 553 g/mol. The van der Waals surface area contributed by atoms with E-state index in [-0.39, 0.29) is 40.9 Å². The molecule has 3 rings (SSSR count). The average molecular weight is 554 g/mol. The number of aliphatic carboxylic acids is 1. The van der Waals surface area contributed by atoms with E-state index in [0.717, 1.165) is 23.1 Å². The van der Waals surface area contributed by atoms with Crippen molar-refractivity contribution in [2.45, 2.75) is 38.5 Å². The Labute approximate surface area is 209 Å². The summed E-state index contributed by atoms with van der Waals surface area (Å²) in [5, 5.41) is 10.2. The van der Waals surface area contributed by atoms with Gasteiger partial charge in [-0.15, -0.1) is 11.3 Å². The third kappa shape index (κ3) is 6.25. The molecule has 1 aromatic heterocycles. The van der Waals surface area contributed by atoms with Crippen LogP contribution in [0.4, 0.5) is 26.3 Å². The van der Waals surface area contributed by atoms with Crippen molar-refractivity contribution in [2.75, 3.05) is 6.54 Å². The maximum Gasteiger partial charge on any atom is 0.416 e. The largest absolute Gasteiger partial charge is 0.481 e. The van der Waals surface area contributed by atoms with Crippen LogP contribution in [-0.2, 0) is 21.9 Å². The van der Waals surface area contributed by atoms with Crippen LogP contribution in [0, 0.1) is 0 Å². The molecule has 13 heteroatoms. The summed E-state index contributed by atoms with van der Waals surface area (Å²) in [4.78, 5) is 25.8. The van der Waals surface area contributed by atoms with Gasteiger partial charge in [-0.3, -0.25) is 14.5 Å². The lowest BCUT2D eigenvalue weighted by Crippen LogP contribution is -2.29. The number of allylic oxidation sites excluding steroid dienone is 1. The van der Waals surface area contributed by atoms with Gasteiger partial charge >= 0.3 is 18.3 Å². The van der Waals surface area contributed by atoms with Gasteiger partial charge in [-0.1, -0.05) is 30.9 Å². The highest BCUT2D eigenvalue weighted by Crippen LogP contribution is 2.43. The molecule has 0 aliphatic carbocycles. The number of halogens is 6. The molecule has 0 saturated carbocycles. The number of rotatable bonds is 7. The normalized spacial score (nSPS) is 16.3. The van der Waals surface area contributed by atoms with Gasteiger partial charge < -0.3 is 5.11 Å². The van der Waals surface area contributed by atoms with E-state index in [4.69, 9.17) is 17.3 Å². The SMILES string of the molecule is CC/C(=C1/SC(=S)N(CCCC(=O)O)C1=O)c1cc(-c2cc(C(F)(F)F)cc(C(F)(F)F)c2)cs1. The predicted octanol–water partition coefficient (Wildman–Crippen LogP) is 7.30. The molecule has 1 fully saturated rings. The molecule has 4 nitrogen and oxygen atoms in total. The Hall–Kier alpha value is -2.38. The minimum Gasteiger partial charge on any atom is -0.481 e. The van der Waals surface area contributed by atoms with Crippen molar-refractivity contribution in [2.24, 2.45) is 0 Å². The van der Waals surface area contributed by atoms with Crippen LogP contribution in [0.1, 0.15) is 42.2 Å². The topological polar surface area (TPSA) is 57.6 Å². The van der Waals surface area contributed by atoms with Gasteiger partial charge in [0.2, 0.25) is 0 Å². The standard InChI is InChI=1S/C22H17F6NO3S3/c1-2-15(18-19(32)29(20(33)35-18)5-3-4-17(30)31)16-8-12(10-34-16)11-6-13(21(23,24)25)9-14(7-11)22(26,27)28/h6-10H,2-5H2,1H3,(H,30,31)/b18-15-. The Bertz CT molecular complexity index is 1170. The summed E-state index contributed by atoms with van der Waals surface area (Å²) < 4.78 is 79.6. The van der Waals surface area contributed by atoms with Gasteiger partial charge in [0, 0.05) is 17.8 Å². The lowest BCUT2D eigenvalue weighted by Gasteiger charge is -2.14. The molecule has 35 heavy (non-hydrogen) atoms. The van der Waals surface area contributed by atoms with Crippen molar-refractivity contribution in [3.05, 3.63) is 50.6 Å². The molecule has 1 aliphatic heterocycles. The lowest BCUT2D eigenvalue weighted by molar-refractivity contribution is -0.143. The van der Waals surface area contributed by atoms with E-state index in [9.17, 15) is 35.9 Å². The van der Waals surface area contributed by atoms with Gasteiger partial charge in [0.25, 0.3) is 5.91 Å². The van der Waals surface area contributed by atoms with E-state index in [2.05, 4.69) is 0 Å². The molecular formula is C22H17F6NO3S3. The van der Waals surface area contributed by atoms with Gasteiger partial charge in [-0.2, -0.15) is 26.3 Å². The number of thiocarbonyl (C=S) groups is 1. The quantitative estimate of drug-likeness (QED) is 0.222. The Morgan fingerprint density at radius 1 is 1.03 bits per heavy atom. The first-order chi connectivity index (χ1) is 16.2. The van der Waals surface area contributed by atoms with E-state index in [1.807, 2.05) is 0 Å². The van der Waals surface area contributed by atoms with Crippen LogP contribution in [0.15, 0.2) is 34.6 Å². The molecule has 0 atom stereocenters. The summed E-state index contributed by atoms with van der Waals surface area (Å²) in [6.45, 7) is 1.88. The zero-order valence-corrected chi connectivity index (χ0v) is 20.4. The second kappa shape index (κ2) is 10.3. The fourth-order valence-corrected chi connectivity index (χ4v) is 5.94. The summed E-state index contributed by atoms with van der Waals surface area (Å²) in [5.74, 6) is -1.41. The number of thiophene rings is 1. The van der Waals surface area contributed by atoms with E-state index >= 15 is 0 Å².